The molecule has 0 aliphatic carbocycles. The summed E-state index contributed by atoms with van der Waals surface area (Å²) in [5, 5.41) is 2.49. The molecule has 4 aromatic rings. The lowest BCUT2D eigenvalue weighted by molar-refractivity contribution is -0.211. The molecular formula is C32H36BClF6O2S2. The van der Waals surface area contributed by atoms with Crippen LogP contribution in [-0.2, 0) is 22.2 Å². The van der Waals surface area contributed by atoms with Gasteiger partial charge in [-0.25, -0.2) is 0 Å². The first-order chi connectivity index (χ1) is 19.9. The molecule has 0 N–H and O–H groups in total. The van der Waals surface area contributed by atoms with E-state index in [1.165, 1.54) is 50.4 Å². The highest BCUT2D eigenvalue weighted by atomic mass is 35.5. The van der Waals surface area contributed by atoms with E-state index in [4.69, 9.17) is 20.9 Å². The Balaban J connectivity index is 0.000000215. The Morgan fingerprint density at radius 2 is 1.07 bits per heavy atom. The third kappa shape index (κ3) is 7.43. The Morgan fingerprint density at radius 3 is 1.50 bits per heavy atom. The summed E-state index contributed by atoms with van der Waals surface area (Å²) >= 11 is 8.63. The predicted octanol–water partition coefficient (Wildman–Crippen LogP) is 11.0. The molecule has 0 atom stereocenters. The van der Waals surface area contributed by atoms with Crippen LogP contribution in [0.3, 0.4) is 0 Å². The van der Waals surface area contributed by atoms with Crippen LogP contribution in [0, 0.1) is 10.8 Å². The van der Waals surface area contributed by atoms with Crippen molar-refractivity contribution < 1.29 is 35.7 Å². The molecule has 0 bridgehead atoms. The number of thiophene rings is 2. The second kappa shape index (κ2) is 11.8. The van der Waals surface area contributed by atoms with Crippen molar-refractivity contribution in [1.82, 2.24) is 0 Å². The van der Waals surface area contributed by atoms with Gasteiger partial charge in [-0.2, -0.15) is 26.3 Å². The van der Waals surface area contributed by atoms with Gasteiger partial charge in [-0.05, 0) is 87.1 Å². The fourth-order valence-corrected chi connectivity index (χ4v) is 7.44. The van der Waals surface area contributed by atoms with Gasteiger partial charge in [0.25, 0.3) is 0 Å². The average molecular weight is 677 g/mol. The first kappa shape index (κ1) is 35.1. The SMILES string of the molecule is CC(C)(Cc1cc2ccc(B3OC(C)(C)C(C)(C)O3)cc2s1)C(F)(F)F.CC(C)(Cc1cc2ccc(Cl)cc2s1)C(F)(F)F. The number of fused-ring (bicyclic) bond motifs is 2. The van der Waals surface area contributed by atoms with E-state index in [0.717, 1.165) is 35.4 Å². The topological polar surface area (TPSA) is 18.5 Å². The molecule has 5 rings (SSSR count). The third-order valence-electron chi connectivity index (χ3n) is 8.42. The van der Waals surface area contributed by atoms with E-state index in [-0.39, 0.29) is 12.8 Å². The summed E-state index contributed by atoms with van der Waals surface area (Å²) < 4.78 is 92.0. The zero-order chi connectivity index (χ0) is 33.1. The second-order valence-corrected chi connectivity index (χ2v) is 16.4. The molecule has 1 aliphatic rings. The largest absolute Gasteiger partial charge is 0.494 e. The van der Waals surface area contributed by atoms with Gasteiger partial charge in [-0.1, -0.05) is 57.5 Å². The molecule has 0 spiro atoms. The highest BCUT2D eigenvalue weighted by Crippen LogP contribution is 2.44. The van der Waals surface area contributed by atoms with E-state index < -0.39 is 41.5 Å². The lowest BCUT2D eigenvalue weighted by Gasteiger charge is -2.32. The van der Waals surface area contributed by atoms with Crippen LogP contribution in [0.25, 0.3) is 20.2 Å². The highest BCUT2D eigenvalue weighted by Gasteiger charge is 2.52. The van der Waals surface area contributed by atoms with Gasteiger partial charge in [-0.3, -0.25) is 0 Å². The number of benzene rings is 2. The zero-order valence-electron chi connectivity index (χ0n) is 25.9. The van der Waals surface area contributed by atoms with Gasteiger partial charge in [0.15, 0.2) is 0 Å². The van der Waals surface area contributed by atoms with Crippen molar-refractivity contribution in [2.45, 2.75) is 91.8 Å². The van der Waals surface area contributed by atoms with Crippen LogP contribution in [-0.4, -0.2) is 30.7 Å². The zero-order valence-corrected chi connectivity index (χ0v) is 28.3. The van der Waals surface area contributed by atoms with Crippen molar-refractivity contribution in [3.05, 3.63) is 63.3 Å². The van der Waals surface area contributed by atoms with E-state index in [1.54, 1.807) is 12.1 Å². The lowest BCUT2D eigenvalue weighted by Crippen LogP contribution is -2.41. The molecule has 44 heavy (non-hydrogen) atoms. The quantitative estimate of drug-likeness (QED) is 0.155. The number of halogens is 7. The smallest absolute Gasteiger partial charge is 0.399 e. The van der Waals surface area contributed by atoms with Gasteiger partial charge < -0.3 is 9.31 Å². The molecule has 240 valence electrons. The fourth-order valence-electron chi connectivity index (χ4n) is 4.53. The minimum absolute atomic E-state index is 0.00648. The van der Waals surface area contributed by atoms with E-state index in [9.17, 15) is 26.3 Å². The van der Waals surface area contributed by atoms with Crippen LogP contribution >= 0.6 is 34.3 Å². The molecule has 1 saturated heterocycles. The van der Waals surface area contributed by atoms with Crippen LogP contribution in [0.15, 0.2) is 48.5 Å². The first-order valence-electron chi connectivity index (χ1n) is 14.1. The summed E-state index contributed by atoms with van der Waals surface area (Å²) in [4.78, 5) is 1.46. The molecule has 12 heteroatoms. The van der Waals surface area contributed by atoms with Gasteiger partial charge >= 0.3 is 19.5 Å². The molecule has 2 nitrogen and oxygen atoms in total. The lowest BCUT2D eigenvalue weighted by atomic mass is 9.79. The van der Waals surface area contributed by atoms with E-state index >= 15 is 0 Å². The van der Waals surface area contributed by atoms with Gasteiger partial charge in [-0.15, -0.1) is 22.7 Å². The number of hydrogen-bond acceptors (Lipinski definition) is 4. The van der Waals surface area contributed by atoms with E-state index in [2.05, 4.69) is 0 Å². The van der Waals surface area contributed by atoms with Crippen LogP contribution in [0.5, 0.6) is 0 Å². The van der Waals surface area contributed by atoms with Gasteiger partial charge in [0, 0.05) is 24.2 Å². The average Bonchev–Trinajstić information content (AvgIpc) is 3.48. The summed E-state index contributed by atoms with van der Waals surface area (Å²) in [6.07, 6.45) is -8.45. The monoisotopic (exact) mass is 676 g/mol. The maximum Gasteiger partial charge on any atom is 0.494 e. The molecule has 2 aromatic heterocycles. The van der Waals surface area contributed by atoms with Crippen molar-refractivity contribution in [3.63, 3.8) is 0 Å². The minimum atomic E-state index is -4.23. The number of hydrogen-bond donors (Lipinski definition) is 0. The number of rotatable bonds is 5. The molecule has 2 aromatic carbocycles. The fraction of sp³-hybridized carbons (Fsp3) is 0.500. The molecule has 1 fully saturated rings. The predicted molar refractivity (Wildman–Crippen MR) is 171 cm³/mol. The molecule has 0 saturated carbocycles. The third-order valence-corrected chi connectivity index (χ3v) is 10.9. The molecule has 0 radical (unpaired) electrons. The standard InChI is InChI=1S/C19H24BF3O2S.C13H12ClF3S/c1-16(2,19(21,22)23)11-14-9-12-7-8-13(10-15(12)26-14)20-24-17(3,4)18(5,6)25-20;1-12(2,13(15,16)17)7-10-5-8-3-4-9(14)6-11(8)18-10/h7-10H,11H2,1-6H3;3-6H,7H2,1-2H3. The number of alkyl halides is 6. The van der Waals surface area contributed by atoms with Crippen LogP contribution in [0.2, 0.25) is 5.02 Å². The Bertz CT molecular complexity index is 1620. The normalized spacial score (nSPS) is 17.3. The van der Waals surface area contributed by atoms with Gasteiger partial charge in [0.1, 0.15) is 0 Å². The molecular weight excluding hydrogens is 641 g/mol. The second-order valence-electron chi connectivity index (χ2n) is 13.6. The van der Waals surface area contributed by atoms with Crippen molar-refractivity contribution >= 4 is 67.0 Å². The highest BCUT2D eigenvalue weighted by molar-refractivity contribution is 7.19. The van der Waals surface area contributed by atoms with E-state index in [0.29, 0.717) is 5.02 Å². The van der Waals surface area contributed by atoms with Crippen molar-refractivity contribution in [2.24, 2.45) is 10.8 Å². The molecule has 1 aliphatic heterocycles. The maximum absolute atomic E-state index is 13.2. The first-order valence-corrected chi connectivity index (χ1v) is 16.1. The molecule has 3 heterocycles. The van der Waals surface area contributed by atoms with Gasteiger partial charge in [0.05, 0.1) is 22.0 Å². The Hall–Kier alpha value is -1.79. The summed E-state index contributed by atoms with van der Waals surface area (Å²) in [6.45, 7) is 12.9. The van der Waals surface area contributed by atoms with Crippen LogP contribution in [0.1, 0.15) is 65.1 Å². The van der Waals surface area contributed by atoms with E-state index in [1.807, 2.05) is 64.1 Å². The van der Waals surface area contributed by atoms with Crippen LogP contribution < -0.4 is 5.46 Å². The van der Waals surface area contributed by atoms with Crippen molar-refractivity contribution in [3.8, 4) is 0 Å². The summed E-state index contributed by atoms with van der Waals surface area (Å²) in [5.41, 5.74) is -3.42. The maximum atomic E-state index is 13.2. The Labute approximate surface area is 267 Å². The molecule has 0 unspecified atom stereocenters. The minimum Gasteiger partial charge on any atom is -0.399 e. The summed E-state index contributed by atoms with van der Waals surface area (Å²) in [7, 11) is -0.471. The Kier molecular flexibility index (Phi) is 9.39. The summed E-state index contributed by atoms with van der Waals surface area (Å²) in [5.74, 6) is 0. The van der Waals surface area contributed by atoms with Crippen molar-refractivity contribution in [2.75, 3.05) is 0 Å². The van der Waals surface area contributed by atoms with Crippen molar-refractivity contribution in [1.29, 1.82) is 0 Å². The van der Waals surface area contributed by atoms with Crippen LogP contribution in [0.4, 0.5) is 26.3 Å². The van der Waals surface area contributed by atoms with Gasteiger partial charge in [0.2, 0.25) is 0 Å². The summed E-state index contributed by atoms with van der Waals surface area (Å²) in [6, 6.07) is 14.8. The Morgan fingerprint density at radius 1 is 0.659 bits per heavy atom. The molecule has 0 amide bonds.